The predicted molar refractivity (Wildman–Crippen MR) is 67.2 cm³/mol. The van der Waals surface area contributed by atoms with Crippen molar-refractivity contribution in [2.24, 2.45) is 0 Å². The molecule has 0 aliphatic rings. The van der Waals surface area contributed by atoms with E-state index in [1.54, 1.807) is 18.7 Å². The van der Waals surface area contributed by atoms with Gasteiger partial charge in [-0.25, -0.2) is 0 Å². The van der Waals surface area contributed by atoms with Crippen molar-refractivity contribution in [1.82, 2.24) is 15.1 Å². The van der Waals surface area contributed by atoms with Gasteiger partial charge < -0.3 is 9.73 Å². The van der Waals surface area contributed by atoms with E-state index in [0.717, 1.165) is 11.3 Å². The number of halogens is 1. The van der Waals surface area contributed by atoms with Crippen LogP contribution >= 0.6 is 11.6 Å². The second-order valence-electron chi connectivity index (χ2n) is 4.19. The maximum atomic E-state index is 6.23. The molecule has 0 radical (unpaired) electrons. The van der Waals surface area contributed by atoms with Gasteiger partial charge in [-0.1, -0.05) is 11.6 Å². The number of aromatic nitrogens is 2. The van der Waals surface area contributed by atoms with Gasteiger partial charge in [-0.15, -0.1) is 0 Å². The summed E-state index contributed by atoms with van der Waals surface area (Å²) in [5, 5.41) is 8.21. The number of furan rings is 1. The molecule has 1 N–H and O–H groups in total. The minimum Gasteiger partial charge on any atom is -0.472 e. The Bertz CT molecular complexity index is 476. The number of rotatable bonds is 4. The summed E-state index contributed by atoms with van der Waals surface area (Å²) in [4.78, 5) is 0. The Labute approximate surface area is 106 Å². The summed E-state index contributed by atoms with van der Waals surface area (Å²) < 4.78 is 7.05. The van der Waals surface area contributed by atoms with Crippen LogP contribution in [0.15, 0.2) is 29.2 Å². The molecule has 0 amide bonds. The quantitative estimate of drug-likeness (QED) is 0.911. The predicted octanol–water partition coefficient (Wildman–Crippen LogP) is 3.02. The van der Waals surface area contributed by atoms with Crippen LogP contribution in [0.1, 0.15) is 37.2 Å². The second kappa shape index (κ2) is 4.94. The molecule has 0 fully saturated rings. The van der Waals surface area contributed by atoms with Crippen LogP contribution in [0.4, 0.5) is 0 Å². The van der Waals surface area contributed by atoms with Crippen LogP contribution in [0.25, 0.3) is 0 Å². The summed E-state index contributed by atoms with van der Waals surface area (Å²) in [5.74, 6) is 0. The molecule has 5 heteroatoms. The highest BCUT2D eigenvalue weighted by molar-refractivity contribution is 6.31. The molecule has 1 atom stereocenters. The van der Waals surface area contributed by atoms with Gasteiger partial charge in [0.1, 0.15) is 0 Å². The summed E-state index contributed by atoms with van der Waals surface area (Å²) in [6, 6.07) is 2.18. The first-order valence-electron chi connectivity index (χ1n) is 5.57. The second-order valence-corrected chi connectivity index (χ2v) is 4.60. The van der Waals surface area contributed by atoms with Gasteiger partial charge in [-0.05, 0) is 27.0 Å². The zero-order chi connectivity index (χ0) is 12.4. The van der Waals surface area contributed by atoms with Crippen molar-refractivity contribution in [2.45, 2.75) is 25.9 Å². The smallest absolute Gasteiger partial charge is 0.0954 e. The van der Waals surface area contributed by atoms with Crippen molar-refractivity contribution < 1.29 is 4.42 Å². The Morgan fingerprint density at radius 3 is 2.76 bits per heavy atom. The van der Waals surface area contributed by atoms with Crippen LogP contribution in [0, 0.1) is 0 Å². The monoisotopic (exact) mass is 253 g/mol. The largest absolute Gasteiger partial charge is 0.472 e. The van der Waals surface area contributed by atoms with E-state index >= 15 is 0 Å². The number of hydrogen-bond donors (Lipinski definition) is 1. The lowest BCUT2D eigenvalue weighted by Crippen LogP contribution is -2.22. The molecule has 2 rings (SSSR count). The summed E-state index contributed by atoms with van der Waals surface area (Å²) in [6.45, 7) is 4.16. The van der Waals surface area contributed by atoms with Crippen LogP contribution in [0.5, 0.6) is 0 Å². The molecule has 1 unspecified atom stereocenters. The van der Waals surface area contributed by atoms with E-state index in [1.165, 1.54) is 0 Å². The van der Waals surface area contributed by atoms with Crippen molar-refractivity contribution in [1.29, 1.82) is 0 Å². The van der Waals surface area contributed by atoms with Crippen molar-refractivity contribution in [3.63, 3.8) is 0 Å². The number of nitrogens with one attached hydrogen (secondary N) is 1. The third-order valence-corrected chi connectivity index (χ3v) is 3.01. The minimum absolute atomic E-state index is 0.00819. The first kappa shape index (κ1) is 12.2. The van der Waals surface area contributed by atoms with E-state index in [1.807, 2.05) is 17.8 Å². The van der Waals surface area contributed by atoms with E-state index in [2.05, 4.69) is 24.3 Å². The minimum atomic E-state index is -0.00819. The molecule has 4 nitrogen and oxygen atoms in total. The maximum absolute atomic E-state index is 6.23. The molecular formula is C12H16ClN3O. The zero-order valence-electron chi connectivity index (χ0n) is 10.1. The highest BCUT2D eigenvalue weighted by Gasteiger charge is 2.22. The van der Waals surface area contributed by atoms with Gasteiger partial charge in [0.2, 0.25) is 0 Å². The lowest BCUT2D eigenvalue weighted by Gasteiger charge is -2.19. The molecule has 0 saturated carbocycles. The Kier molecular flexibility index (Phi) is 3.54. The zero-order valence-corrected chi connectivity index (χ0v) is 10.9. The van der Waals surface area contributed by atoms with Gasteiger partial charge in [-0.3, -0.25) is 4.68 Å². The first-order valence-corrected chi connectivity index (χ1v) is 5.95. The summed E-state index contributed by atoms with van der Waals surface area (Å²) in [6.07, 6.45) is 5.06. The summed E-state index contributed by atoms with van der Waals surface area (Å²) in [7, 11) is 1.89. The normalized spacial score (nSPS) is 13.2. The van der Waals surface area contributed by atoms with Crippen LogP contribution in [0.3, 0.4) is 0 Å². The number of hydrogen-bond acceptors (Lipinski definition) is 3. The van der Waals surface area contributed by atoms with E-state index in [4.69, 9.17) is 16.0 Å². The highest BCUT2D eigenvalue weighted by atomic mass is 35.5. The molecule has 2 aromatic heterocycles. The Morgan fingerprint density at radius 2 is 2.24 bits per heavy atom. The molecule has 0 spiro atoms. The van der Waals surface area contributed by atoms with Crippen molar-refractivity contribution >= 4 is 11.6 Å². The lowest BCUT2D eigenvalue weighted by molar-refractivity contribution is 0.481. The molecule has 2 heterocycles. The van der Waals surface area contributed by atoms with E-state index < -0.39 is 0 Å². The Balaban J connectivity index is 2.47. The molecule has 92 valence electrons. The molecule has 0 saturated heterocycles. The van der Waals surface area contributed by atoms with Crippen LogP contribution in [-0.2, 0) is 0 Å². The summed E-state index contributed by atoms with van der Waals surface area (Å²) in [5.41, 5.74) is 2.00. The molecule has 0 aliphatic carbocycles. The molecule has 2 aromatic rings. The molecule has 17 heavy (non-hydrogen) atoms. The van der Waals surface area contributed by atoms with Gasteiger partial charge in [0.15, 0.2) is 0 Å². The van der Waals surface area contributed by atoms with Crippen molar-refractivity contribution in [3.8, 4) is 0 Å². The standard InChI is InChI=1S/C12H16ClN3O/c1-8(2)16-12(10(13)6-15-16)11(14-3)9-4-5-17-7-9/h4-8,11,14H,1-3H3. The van der Waals surface area contributed by atoms with E-state index in [-0.39, 0.29) is 12.1 Å². The van der Waals surface area contributed by atoms with Gasteiger partial charge in [0.25, 0.3) is 0 Å². The van der Waals surface area contributed by atoms with Crippen molar-refractivity contribution in [2.75, 3.05) is 7.05 Å². The number of nitrogens with zero attached hydrogens (tertiary/aromatic N) is 2. The molecular weight excluding hydrogens is 238 g/mol. The van der Waals surface area contributed by atoms with Gasteiger partial charge in [-0.2, -0.15) is 5.10 Å². The average molecular weight is 254 g/mol. The fourth-order valence-corrected chi connectivity index (χ4v) is 2.17. The summed E-state index contributed by atoms with van der Waals surface area (Å²) >= 11 is 6.23. The van der Waals surface area contributed by atoms with Gasteiger partial charge >= 0.3 is 0 Å². The van der Waals surface area contributed by atoms with Crippen LogP contribution in [-0.4, -0.2) is 16.8 Å². The van der Waals surface area contributed by atoms with Gasteiger partial charge in [0, 0.05) is 11.6 Å². The van der Waals surface area contributed by atoms with E-state index in [0.29, 0.717) is 5.02 Å². The Hall–Kier alpha value is -1.26. The Morgan fingerprint density at radius 1 is 1.47 bits per heavy atom. The molecule has 0 bridgehead atoms. The van der Waals surface area contributed by atoms with Crippen molar-refractivity contribution in [3.05, 3.63) is 41.1 Å². The molecule has 0 aromatic carbocycles. The SMILES string of the molecule is CNC(c1ccoc1)c1c(Cl)cnn1C(C)C. The fraction of sp³-hybridized carbons (Fsp3) is 0.417. The molecule has 0 aliphatic heterocycles. The third-order valence-electron chi connectivity index (χ3n) is 2.71. The van der Waals surface area contributed by atoms with E-state index in [9.17, 15) is 0 Å². The average Bonchev–Trinajstić information content (AvgIpc) is 2.91. The fourth-order valence-electron chi connectivity index (χ4n) is 1.93. The van der Waals surface area contributed by atoms with Gasteiger partial charge in [0.05, 0.1) is 35.5 Å². The topological polar surface area (TPSA) is 43.0 Å². The van der Waals surface area contributed by atoms with Crippen LogP contribution < -0.4 is 5.32 Å². The maximum Gasteiger partial charge on any atom is 0.0954 e. The lowest BCUT2D eigenvalue weighted by atomic mass is 10.1. The van der Waals surface area contributed by atoms with Crippen LogP contribution in [0.2, 0.25) is 5.02 Å². The first-order chi connectivity index (χ1) is 8.15. The third kappa shape index (κ3) is 2.23. The highest BCUT2D eigenvalue weighted by Crippen LogP contribution is 2.30.